The molecule has 0 aliphatic rings. The van der Waals surface area contributed by atoms with Crippen LogP contribution in [0.2, 0.25) is 0 Å². The Balaban J connectivity index is 1.39. The lowest BCUT2D eigenvalue weighted by Crippen LogP contribution is -2.03. The SMILES string of the molecule is COc1ccc(-c2nnc(SCc3nc(-c4ccccc4)no3)n2Cc2ccco2)cc1. The topological polar surface area (TPSA) is 92.0 Å². The number of methoxy groups -OCH3 is 1. The van der Waals surface area contributed by atoms with E-state index in [4.69, 9.17) is 13.7 Å². The molecular formula is C23H19N5O3S. The average Bonchev–Trinajstić information content (AvgIpc) is 3.61. The number of benzene rings is 2. The zero-order valence-electron chi connectivity index (χ0n) is 17.2. The molecule has 0 radical (unpaired) electrons. The van der Waals surface area contributed by atoms with Gasteiger partial charge in [0, 0.05) is 11.1 Å². The number of thioether (sulfide) groups is 1. The second-order valence-electron chi connectivity index (χ2n) is 6.87. The molecule has 0 fully saturated rings. The van der Waals surface area contributed by atoms with Crippen LogP contribution in [0.1, 0.15) is 11.7 Å². The van der Waals surface area contributed by atoms with E-state index in [1.165, 1.54) is 11.8 Å². The fourth-order valence-electron chi connectivity index (χ4n) is 3.19. The second-order valence-corrected chi connectivity index (χ2v) is 7.81. The molecule has 0 aliphatic heterocycles. The number of ether oxygens (including phenoxy) is 1. The molecule has 5 aromatic rings. The van der Waals surface area contributed by atoms with Crippen molar-refractivity contribution in [3.8, 4) is 28.5 Å². The van der Waals surface area contributed by atoms with Gasteiger partial charge in [-0.2, -0.15) is 4.98 Å². The van der Waals surface area contributed by atoms with E-state index in [1.807, 2.05) is 71.3 Å². The zero-order chi connectivity index (χ0) is 21.8. The highest BCUT2D eigenvalue weighted by molar-refractivity contribution is 7.98. The van der Waals surface area contributed by atoms with Crippen LogP contribution in [0.25, 0.3) is 22.8 Å². The van der Waals surface area contributed by atoms with Crippen LogP contribution in [0.15, 0.2) is 87.1 Å². The normalized spacial score (nSPS) is 11.0. The summed E-state index contributed by atoms with van der Waals surface area (Å²) in [4.78, 5) is 4.50. The number of rotatable bonds is 8. The molecule has 0 atom stereocenters. The summed E-state index contributed by atoms with van der Waals surface area (Å²) in [6.07, 6.45) is 1.66. The lowest BCUT2D eigenvalue weighted by molar-refractivity contribution is 0.391. The van der Waals surface area contributed by atoms with Crippen molar-refractivity contribution in [2.45, 2.75) is 17.5 Å². The molecular weight excluding hydrogens is 426 g/mol. The van der Waals surface area contributed by atoms with Gasteiger partial charge in [-0.25, -0.2) is 0 Å². The third kappa shape index (κ3) is 4.28. The number of hydrogen-bond acceptors (Lipinski definition) is 8. The van der Waals surface area contributed by atoms with Gasteiger partial charge in [0.1, 0.15) is 11.5 Å². The van der Waals surface area contributed by atoms with Gasteiger partial charge in [0.15, 0.2) is 11.0 Å². The summed E-state index contributed by atoms with van der Waals surface area (Å²) >= 11 is 1.48. The van der Waals surface area contributed by atoms with E-state index in [0.717, 1.165) is 33.6 Å². The number of furan rings is 1. The third-order valence-corrected chi connectivity index (χ3v) is 5.74. The minimum atomic E-state index is 0.471. The molecule has 0 aliphatic carbocycles. The van der Waals surface area contributed by atoms with Crippen molar-refractivity contribution >= 4 is 11.8 Å². The summed E-state index contributed by atoms with van der Waals surface area (Å²) in [7, 11) is 1.64. The van der Waals surface area contributed by atoms with Crippen LogP contribution in [0.3, 0.4) is 0 Å². The number of aromatic nitrogens is 5. The Hall–Kier alpha value is -3.85. The van der Waals surface area contributed by atoms with Crippen molar-refractivity contribution in [3.63, 3.8) is 0 Å². The van der Waals surface area contributed by atoms with Crippen LogP contribution in [0.5, 0.6) is 5.75 Å². The van der Waals surface area contributed by atoms with Crippen molar-refractivity contribution in [2.24, 2.45) is 0 Å². The van der Waals surface area contributed by atoms with Gasteiger partial charge >= 0.3 is 0 Å². The molecule has 3 heterocycles. The minimum Gasteiger partial charge on any atom is -0.497 e. The average molecular weight is 446 g/mol. The van der Waals surface area contributed by atoms with E-state index in [0.29, 0.717) is 24.0 Å². The van der Waals surface area contributed by atoms with Crippen molar-refractivity contribution in [1.29, 1.82) is 0 Å². The fourth-order valence-corrected chi connectivity index (χ4v) is 3.97. The number of hydrogen-bond donors (Lipinski definition) is 0. The third-order valence-electron chi connectivity index (χ3n) is 4.78. The van der Waals surface area contributed by atoms with Crippen LogP contribution >= 0.6 is 11.8 Å². The maximum atomic E-state index is 5.56. The van der Waals surface area contributed by atoms with Gasteiger partial charge in [-0.3, -0.25) is 4.57 Å². The van der Waals surface area contributed by atoms with Gasteiger partial charge in [0.2, 0.25) is 11.7 Å². The summed E-state index contributed by atoms with van der Waals surface area (Å²) in [6.45, 7) is 0.503. The van der Waals surface area contributed by atoms with Crippen LogP contribution < -0.4 is 4.74 Å². The van der Waals surface area contributed by atoms with Crippen molar-refractivity contribution in [3.05, 3.63) is 84.6 Å². The second kappa shape index (κ2) is 9.11. The monoisotopic (exact) mass is 445 g/mol. The highest BCUT2D eigenvalue weighted by Crippen LogP contribution is 2.28. The largest absolute Gasteiger partial charge is 0.497 e. The molecule has 3 aromatic heterocycles. The molecule has 2 aromatic carbocycles. The zero-order valence-corrected chi connectivity index (χ0v) is 18.0. The Labute approximate surface area is 188 Å². The molecule has 9 heteroatoms. The first-order valence-corrected chi connectivity index (χ1v) is 10.9. The molecule has 0 saturated carbocycles. The van der Waals surface area contributed by atoms with Gasteiger partial charge in [-0.1, -0.05) is 47.3 Å². The van der Waals surface area contributed by atoms with E-state index in [1.54, 1.807) is 13.4 Å². The fraction of sp³-hybridized carbons (Fsp3) is 0.130. The van der Waals surface area contributed by atoms with Crippen molar-refractivity contribution in [1.82, 2.24) is 24.9 Å². The summed E-state index contributed by atoms with van der Waals surface area (Å²) in [5.74, 6) is 3.89. The lowest BCUT2D eigenvalue weighted by atomic mass is 10.2. The first kappa shape index (κ1) is 20.1. The van der Waals surface area contributed by atoms with Crippen LogP contribution in [0, 0.1) is 0 Å². The minimum absolute atomic E-state index is 0.471. The standard InChI is InChI=1S/C23H19N5O3S/c1-29-18-11-9-17(10-12-18)22-25-26-23(28(22)14-19-8-5-13-30-19)32-15-20-24-21(27-31-20)16-6-3-2-4-7-16/h2-13H,14-15H2,1H3. The lowest BCUT2D eigenvalue weighted by Gasteiger charge is -2.09. The molecule has 0 spiro atoms. The predicted octanol–water partition coefficient (Wildman–Crippen LogP) is 4.94. The van der Waals surface area contributed by atoms with Gasteiger partial charge in [-0.05, 0) is 36.4 Å². The Morgan fingerprint density at radius 3 is 2.53 bits per heavy atom. The van der Waals surface area contributed by atoms with E-state index < -0.39 is 0 Å². The van der Waals surface area contributed by atoms with Crippen molar-refractivity contribution in [2.75, 3.05) is 7.11 Å². The molecule has 0 bridgehead atoms. The highest BCUT2D eigenvalue weighted by atomic mass is 32.2. The first-order chi connectivity index (χ1) is 15.8. The van der Waals surface area contributed by atoms with Crippen molar-refractivity contribution < 1.29 is 13.7 Å². The Morgan fingerprint density at radius 2 is 1.78 bits per heavy atom. The van der Waals surface area contributed by atoms with Gasteiger partial charge < -0.3 is 13.7 Å². The van der Waals surface area contributed by atoms with Crippen LogP contribution in [0.4, 0.5) is 0 Å². The molecule has 0 N–H and O–H groups in total. The van der Waals surface area contributed by atoms with E-state index in [-0.39, 0.29) is 0 Å². The maximum absolute atomic E-state index is 5.56. The Bertz CT molecular complexity index is 1280. The molecule has 0 saturated heterocycles. The molecule has 8 nitrogen and oxygen atoms in total. The summed E-state index contributed by atoms with van der Waals surface area (Å²) in [6, 6.07) is 21.2. The molecule has 160 valence electrons. The quantitative estimate of drug-likeness (QED) is 0.310. The molecule has 32 heavy (non-hydrogen) atoms. The summed E-state index contributed by atoms with van der Waals surface area (Å²) in [5.41, 5.74) is 1.84. The maximum Gasteiger partial charge on any atom is 0.237 e. The smallest absolute Gasteiger partial charge is 0.237 e. The number of nitrogens with zero attached hydrogens (tertiary/aromatic N) is 5. The molecule has 5 rings (SSSR count). The van der Waals surface area contributed by atoms with E-state index in [2.05, 4.69) is 20.3 Å². The van der Waals surface area contributed by atoms with E-state index in [9.17, 15) is 0 Å². The van der Waals surface area contributed by atoms with E-state index >= 15 is 0 Å². The molecule has 0 amide bonds. The first-order valence-electron chi connectivity index (χ1n) is 9.91. The summed E-state index contributed by atoms with van der Waals surface area (Å²) < 4.78 is 18.3. The predicted molar refractivity (Wildman–Crippen MR) is 119 cm³/mol. The highest BCUT2D eigenvalue weighted by Gasteiger charge is 2.18. The van der Waals surface area contributed by atoms with Gasteiger partial charge in [0.05, 0.1) is 25.7 Å². The van der Waals surface area contributed by atoms with Crippen LogP contribution in [-0.2, 0) is 12.3 Å². The summed E-state index contributed by atoms with van der Waals surface area (Å²) in [5, 5.41) is 13.6. The van der Waals surface area contributed by atoms with Crippen LogP contribution in [-0.4, -0.2) is 32.0 Å². The molecule has 0 unspecified atom stereocenters. The Kier molecular flexibility index (Phi) is 5.71. The Morgan fingerprint density at radius 1 is 0.938 bits per heavy atom. The van der Waals surface area contributed by atoms with Gasteiger partial charge in [-0.15, -0.1) is 10.2 Å². The van der Waals surface area contributed by atoms with Gasteiger partial charge in [0.25, 0.3) is 0 Å².